The van der Waals surface area contributed by atoms with Gasteiger partial charge in [0.1, 0.15) is 11.5 Å². The van der Waals surface area contributed by atoms with Crippen LogP contribution in [0.1, 0.15) is 22.3 Å². The van der Waals surface area contributed by atoms with E-state index in [4.69, 9.17) is 19.2 Å². The molecule has 1 heterocycles. The molecule has 0 unspecified atom stereocenters. The molecule has 9 nitrogen and oxygen atoms in total. The van der Waals surface area contributed by atoms with Gasteiger partial charge in [-0.15, -0.1) is 0 Å². The second-order valence-corrected chi connectivity index (χ2v) is 8.19. The third kappa shape index (κ3) is 4.81. The molecule has 0 saturated carbocycles. The molecular formula is C27H27N3O6. The monoisotopic (exact) mass is 489 g/mol. The Labute approximate surface area is 209 Å². The Balaban J connectivity index is 1.89. The molecule has 3 aromatic carbocycles. The van der Waals surface area contributed by atoms with Crippen molar-refractivity contribution < 1.29 is 28.5 Å². The molecule has 1 aliphatic heterocycles. The van der Waals surface area contributed by atoms with Crippen molar-refractivity contribution >= 4 is 23.6 Å². The second-order valence-electron chi connectivity index (χ2n) is 8.19. The Morgan fingerprint density at radius 2 is 1.61 bits per heavy atom. The molecule has 0 radical (unpaired) electrons. The van der Waals surface area contributed by atoms with E-state index in [0.29, 0.717) is 28.3 Å². The normalized spacial score (nSPS) is 16.6. The maximum Gasteiger partial charge on any atom is 0.425 e. The quantitative estimate of drug-likeness (QED) is 0.362. The second kappa shape index (κ2) is 10.4. The molecule has 0 bridgehead atoms. The highest BCUT2D eigenvalue weighted by Gasteiger charge is 2.51. The number of carbonyl (C=O) groups is 2. The largest absolute Gasteiger partial charge is 0.496 e. The van der Waals surface area contributed by atoms with Crippen LogP contribution in [0.4, 0.5) is 10.5 Å². The van der Waals surface area contributed by atoms with Crippen molar-refractivity contribution in [3.05, 3.63) is 89.0 Å². The van der Waals surface area contributed by atoms with E-state index in [1.54, 1.807) is 12.1 Å². The summed E-state index contributed by atoms with van der Waals surface area (Å²) in [6.45, 7) is 1.98. The number of aryl methyl sites for hydroxylation is 1. The summed E-state index contributed by atoms with van der Waals surface area (Å²) < 4.78 is 21.8. The zero-order chi connectivity index (χ0) is 25.7. The number of esters is 1. The van der Waals surface area contributed by atoms with Crippen LogP contribution in [0.2, 0.25) is 0 Å². The van der Waals surface area contributed by atoms with Gasteiger partial charge in [0.2, 0.25) is 5.90 Å². The molecule has 0 fully saturated rings. The Morgan fingerprint density at radius 1 is 0.972 bits per heavy atom. The van der Waals surface area contributed by atoms with Gasteiger partial charge in [0.05, 0.1) is 32.6 Å². The Hall–Kier alpha value is -4.53. The summed E-state index contributed by atoms with van der Waals surface area (Å²) in [7, 11) is 4.22. The predicted octanol–water partition coefficient (Wildman–Crippen LogP) is 4.14. The summed E-state index contributed by atoms with van der Waals surface area (Å²) in [5.74, 6) is 0.317. The summed E-state index contributed by atoms with van der Waals surface area (Å²) in [6.07, 6.45) is -0.466. The molecule has 0 saturated heterocycles. The van der Waals surface area contributed by atoms with Gasteiger partial charge in [-0.2, -0.15) is 0 Å². The number of cyclic esters (lactones) is 1. The lowest BCUT2D eigenvalue weighted by Crippen LogP contribution is -2.35. The molecule has 1 aliphatic rings. The smallest absolute Gasteiger partial charge is 0.425 e. The first kappa shape index (κ1) is 24.6. The van der Waals surface area contributed by atoms with E-state index in [0.717, 1.165) is 11.1 Å². The average molecular weight is 490 g/mol. The zero-order valence-electron chi connectivity index (χ0n) is 20.5. The minimum absolute atomic E-state index is 0.210. The van der Waals surface area contributed by atoms with E-state index < -0.39 is 17.6 Å². The van der Waals surface area contributed by atoms with E-state index in [1.807, 2.05) is 61.5 Å². The number of anilines is 1. The lowest BCUT2D eigenvalue weighted by atomic mass is 9.83. The van der Waals surface area contributed by atoms with Gasteiger partial charge in [-0.1, -0.05) is 48.0 Å². The van der Waals surface area contributed by atoms with Crippen molar-refractivity contribution in [3.8, 4) is 11.5 Å². The number of hydrogen-bond acceptors (Lipinski definition) is 8. The lowest BCUT2D eigenvalue weighted by Gasteiger charge is -2.27. The number of carbonyl (C=O) groups excluding carboxylic acids is 2. The first-order valence-electron chi connectivity index (χ1n) is 11.2. The number of ether oxygens (including phenoxy) is 4. The minimum Gasteiger partial charge on any atom is -0.496 e. The SMILES string of the molecule is COC(=O)NNc1cc(OC)c([C@@]2(Cc3ccccc3)N=C(c3ccc(C)cc3)OC2=O)c(OC)c1. The Bertz CT molecular complexity index is 1270. The molecule has 0 aromatic heterocycles. The van der Waals surface area contributed by atoms with Gasteiger partial charge in [-0.05, 0) is 24.6 Å². The highest BCUT2D eigenvalue weighted by atomic mass is 16.6. The van der Waals surface area contributed by atoms with Crippen LogP contribution in [0.3, 0.4) is 0 Å². The molecule has 0 aliphatic carbocycles. The van der Waals surface area contributed by atoms with Crippen molar-refractivity contribution in [3.63, 3.8) is 0 Å². The maximum absolute atomic E-state index is 13.7. The molecule has 186 valence electrons. The van der Waals surface area contributed by atoms with E-state index in [1.165, 1.54) is 21.3 Å². The summed E-state index contributed by atoms with van der Waals surface area (Å²) >= 11 is 0. The van der Waals surface area contributed by atoms with E-state index in [-0.39, 0.29) is 12.3 Å². The maximum atomic E-state index is 13.7. The molecule has 1 amide bonds. The number of methoxy groups -OCH3 is 3. The van der Waals surface area contributed by atoms with Gasteiger partial charge in [0.15, 0.2) is 5.54 Å². The Morgan fingerprint density at radius 3 is 2.19 bits per heavy atom. The molecular weight excluding hydrogens is 462 g/mol. The van der Waals surface area contributed by atoms with Gasteiger partial charge < -0.3 is 18.9 Å². The number of hydrazine groups is 1. The van der Waals surface area contributed by atoms with Gasteiger partial charge in [-0.3, -0.25) is 5.43 Å². The summed E-state index contributed by atoms with van der Waals surface area (Å²) in [5, 5.41) is 0. The van der Waals surface area contributed by atoms with Crippen molar-refractivity contribution in [1.82, 2.24) is 5.43 Å². The number of amides is 1. The first-order valence-corrected chi connectivity index (χ1v) is 11.2. The van der Waals surface area contributed by atoms with Crippen LogP contribution in [0, 0.1) is 6.92 Å². The van der Waals surface area contributed by atoms with E-state index in [9.17, 15) is 9.59 Å². The van der Waals surface area contributed by atoms with Crippen LogP contribution in [0.25, 0.3) is 0 Å². The van der Waals surface area contributed by atoms with Crippen LogP contribution in [0.15, 0.2) is 71.7 Å². The van der Waals surface area contributed by atoms with Crippen LogP contribution in [-0.4, -0.2) is 39.3 Å². The molecule has 9 heteroatoms. The lowest BCUT2D eigenvalue weighted by molar-refractivity contribution is -0.139. The molecule has 36 heavy (non-hydrogen) atoms. The highest BCUT2D eigenvalue weighted by molar-refractivity contribution is 6.09. The van der Waals surface area contributed by atoms with Gasteiger partial charge in [0.25, 0.3) is 0 Å². The minimum atomic E-state index is -1.48. The van der Waals surface area contributed by atoms with Crippen molar-refractivity contribution in [2.24, 2.45) is 4.99 Å². The average Bonchev–Trinajstić information content (AvgIpc) is 3.23. The van der Waals surface area contributed by atoms with Gasteiger partial charge in [-0.25, -0.2) is 20.0 Å². The topological polar surface area (TPSA) is 107 Å². The molecule has 3 aromatic rings. The van der Waals surface area contributed by atoms with Crippen molar-refractivity contribution in [2.75, 3.05) is 26.8 Å². The third-order valence-electron chi connectivity index (χ3n) is 5.83. The number of nitrogens with one attached hydrogen (secondary N) is 2. The number of nitrogens with zero attached hydrogens (tertiary/aromatic N) is 1. The van der Waals surface area contributed by atoms with E-state index in [2.05, 4.69) is 15.6 Å². The van der Waals surface area contributed by atoms with Crippen LogP contribution in [0.5, 0.6) is 11.5 Å². The predicted molar refractivity (Wildman–Crippen MR) is 134 cm³/mol. The Kier molecular flexibility index (Phi) is 7.10. The molecule has 0 spiro atoms. The van der Waals surface area contributed by atoms with Crippen LogP contribution in [-0.2, 0) is 26.2 Å². The molecule has 2 N–H and O–H groups in total. The standard InChI is InChI=1S/C27H27N3O6/c1-17-10-12-19(13-11-17)24-28-27(25(31)36-24,16-18-8-6-5-7-9-18)23-21(33-2)14-20(15-22(23)34-3)29-30-26(32)35-4/h5-15,29H,16H2,1-4H3,(H,30,32)/t27-/m1/s1. The van der Waals surface area contributed by atoms with Crippen molar-refractivity contribution in [1.29, 1.82) is 0 Å². The number of benzene rings is 3. The van der Waals surface area contributed by atoms with Gasteiger partial charge in [0, 0.05) is 24.1 Å². The number of rotatable bonds is 8. The fourth-order valence-electron chi connectivity index (χ4n) is 4.05. The molecule has 1 atom stereocenters. The highest BCUT2D eigenvalue weighted by Crippen LogP contribution is 2.47. The summed E-state index contributed by atoms with van der Waals surface area (Å²) in [4.78, 5) is 30.1. The number of hydrogen-bond donors (Lipinski definition) is 2. The van der Waals surface area contributed by atoms with Crippen LogP contribution >= 0.6 is 0 Å². The van der Waals surface area contributed by atoms with Crippen molar-refractivity contribution in [2.45, 2.75) is 18.9 Å². The number of aliphatic imine (C=N–C) groups is 1. The zero-order valence-corrected chi connectivity index (χ0v) is 20.5. The third-order valence-corrected chi connectivity index (χ3v) is 5.83. The van der Waals surface area contributed by atoms with E-state index >= 15 is 0 Å². The fourth-order valence-corrected chi connectivity index (χ4v) is 4.05. The summed E-state index contributed by atoms with van der Waals surface area (Å²) in [6, 6.07) is 20.4. The first-order chi connectivity index (χ1) is 17.4. The molecule has 4 rings (SSSR count). The van der Waals surface area contributed by atoms with Crippen LogP contribution < -0.4 is 20.3 Å². The van der Waals surface area contributed by atoms with Gasteiger partial charge >= 0.3 is 12.1 Å². The fraction of sp³-hybridized carbons (Fsp3) is 0.222. The summed E-state index contributed by atoms with van der Waals surface area (Å²) in [5.41, 5.74) is 7.14.